The van der Waals surface area contributed by atoms with Gasteiger partial charge < -0.3 is 10.6 Å². The molecule has 0 saturated carbocycles. The van der Waals surface area contributed by atoms with Gasteiger partial charge in [0.2, 0.25) is 0 Å². The number of aromatic nitrogens is 1. The molecular weight excluding hydrogens is 323 g/mol. The topological polar surface area (TPSA) is 37.0 Å². The number of anilines is 1. The lowest BCUT2D eigenvalue weighted by Crippen LogP contribution is -2.45. The van der Waals surface area contributed by atoms with Crippen LogP contribution in [0.4, 0.5) is 19.0 Å². The van der Waals surface area contributed by atoms with E-state index in [0.29, 0.717) is 4.47 Å². The highest BCUT2D eigenvalue weighted by molar-refractivity contribution is 9.10. The van der Waals surface area contributed by atoms with Crippen molar-refractivity contribution in [2.75, 3.05) is 18.4 Å². The van der Waals surface area contributed by atoms with E-state index in [9.17, 15) is 13.2 Å². The van der Waals surface area contributed by atoms with E-state index < -0.39 is 11.7 Å². The van der Waals surface area contributed by atoms with Crippen LogP contribution in [0.2, 0.25) is 0 Å². The largest absolute Gasteiger partial charge is 0.419 e. The molecule has 0 radical (unpaired) electrons. The molecule has 19 heavy (non-hydrogen) atoms. The molecule has 1 aromatic rings. The molecular formula is C12H15BrF3N3. The van der Waals surface area contributed by atoms with Crippen LogP contribution in [-0.4, -0.2) is 23.6 Å². The van der Waals surface area contributed by atoms with E-state index in [-0.39, 0.29) is 11.4 Å². The van der Waals surface area contributed by atoms with E-state index in [0.717, 1.165) is 32.0 Å². The van der Waals surface area contributed by atoms with Crippen LogP contribution in [0.25, 0.3) is 0 Å². The number of nitrogens with zero attached hydrogens (tertiary/aromatic N) is 1. The van der Waals surface area contributed by atoms with Crippen LogP contribution in [-0.2, 0) is 6.18 Å². The van der Waals surface area contributed by atoms with Crippen molar-refractivity contribution in [2.24, 2.45) is 0 Å². The Hall–Kier alpha value is -0.820. The van der Waals surface area contributed by atoms with E-state index >= 15 is 0 Å². The maximum Gasteiger partial charge on any atom is 0.419 e. The Morgan fingerprint density at radius 2 is 2.00 bits per heavy atom. The smallest absolute Gasteiger partial charge is 0.364 e. The van der Waals surface area contributed by atoms with Gasteiger partial charge in [-0.2, -0.15) is 13.2 Å². The molecule has 0 unspecified atom stereocenters. The van der Waals surface area contributed by atoms with Crippen LogP contribution in [0.15, 0.2) is 16.7 Å². The molecule has 3 nitrogen and oxygen atoms in total. The third-order valence-electron chi connectivity index (χ3n) is 3.29. The monoisotopic (exact) mass is 337 g/mol. The summed E-state index contributed by atoms with van der Waals surface area (Å²) >= 11 is 3.03. The first-order valence-electron chi connectivity index (χ1n) is 6.02. The van der Waals surface area contributed by atoms with E-state index in [2.05, 4.69) is 31.5 Å². The number of halogens is 4. The van der Waals surface area contributed by atoms with Crippen molar-refractivity contribution in [1.29, 1.82) is 0 Å². The third kappa shape index (κ3) is 3.60. The standard InChI is InChI=1S/C12H15BrF3N3/c1-11(2-4-17-5-3-11)19-10-9(12(14,15)16)6-8(13)7-18-10/h6-7,17H,2-5H2,1H3,(H,18,19). The lowest BCUT2D eigenvalue weighted by molar-refractivity contribution is -0.137. The molecule has 1 fully saturated rings. The van der Waals surface area contributed by atoms with Gasteiger partial charge in [0.1, 0.15) is 5.82 Å². The summed E-state index contributed by atoms with van der Waals surface area (Å²) in [5.74, 6) is -0.0971. The first kappa shape index (κ1) is 14.6. The van der Waals surface area contributed by atoms with Gasteiger partial charge in [0.15, 0.2) is 0 Å². The Balaban J connectivity index is 2.29. The quantitative estimate of drug-likeness (QED) is 0.868. The molecule has 1 saturated heterocycles. The second-order valence-electron chi connectivity index (χ2n) is 4.98. The molecule has 1 aliphatic rings. The fourth-order valence-electron chi connectivity index (χ4n) is 2.14. The van der Waals surface area contributed by atoms with E-state index in [1.54, 1.807) is 0 Å². The average Bonchev–Trinajstić information content (AvgIpc) is 2.31. The minimum absolute atomic E-state index is 0.0971. The molecule has 0 aromatic carbocycles. The number of hydrogen-bond donors (Lipinski definition) is 2. The molecule has 0 bridgehead atoms. The Bertz CT molecular complexity index is 456. The van der Waals surface area contributed by atoms with Gasteiger partial charge in [-0.1, -0.05) is 0 Å². The van der Waals surface area contributed by atoms with Gasteiger partial charge in [-0.05, 0) is 54.9 Å². The molecule has 1 aliphatic heterocycles. The van der Waals surface area contributed by atoms with Crippen LogP contribution in [0.1, 0.15) is 25.3 Å². The molecule has 2 N–H and O–H groups in total. The summed E-state index contributed by atoms with van der Waals surface area (Å²) in [7, 11) is 0. The second kappa shape index (κ2) is 5.28. The van der Waals surface area contributed by atoms with E-state index in [4.69, 9.17) is 0 Å². The number of rotatable bonds is 2. The summed E-state index contributed by atoms with van der Waals surface area (Å²) in [5, 5.41) is 6.16. The van der Waals surface area contributed by atoms with Gasteiger partial charge in [-0.15, -0.1) is 0 Å². The van der Waals surface area contributed by atoms with Crippen LogP contribution in [0.3, 0.4) is 0 Å². The zero-order chi connectivity index (χ0) is 14.1. The maximum atomic E-state index is 13.0. The molecule has 2 rings (SSSR count). The average molecular weight is 338 g/mol. The third-order valence-corrected chi connectivity index (χ3v) is 3.72. The van der Waals surface area contributed by atoms with Gasteiger partial charge in [0, 0.05) is 16.2 Å². The van der Waals surface area contributed by atoms with Crippen molar-refractivity contribution in [3.63, 3.8) is 0 Å². The molecule has 1 aromatic heterocycles. The Labute approximate surface area is 118 Å². The second-order valence-corrected chi connectivity index (χ2v) is 5.90. The van der Waals surface area contributed by atoms with Crippen molar-refractivity contribution >= 4 is 21.7 Å². The number of pyridine rings is 1. The summed E-state index contributed by atoms with van der Waals surface area (Å²) in [5.41, 5.74) is -1.09. The first-order chi connectivity index (χ1) is 8.80. The van der Waals surface area contributed by atoms with Gasteiger partial charge in [-0.3, -0.25) is 0 Å². The van der Waals surface area contributed by atoms with Crippen LogP contribution >= 0.6 is 15.9 Å². The van der Waals surface area contributed by atoms with Crippen LogP contribution in [0, 0.1) is 0 Å². The summed E-state index contributed by atoms with van der Waals surface area (Å²) in [4.78, 5) is 3.89. The molecule has 0 spiro atoms. The zero-order valence-corrected chi connectivity index (χ0v) is 12.0. The molecule has 0 amide bonds. The molecule has 106 valence electrons. The maximum absolute atomic E-state index is 13.0. The molecule has 0 aliphatic carbocycles. The van der Waals surface area contributed by atoms with E-state index in [1.165, 1.54) is 6.20 Å². The predicted molar refractivity (Wildman–Crippen MR) is 71.1 cm³/mol. The lowest BCUT2D eigenvalue weighted by Gasteiger charge is -2.36. The van der Waals surface area contributed by atoms with Crippen molar-refractivity contribution in [3.05, 3.63) is 22.3 Å². The van der Waals surface area contributed by atoms with Crippen molar-refractivity contribution in [3.8, 4) is 0 Å². The lowest BCUT2D eigenvalue weighted by atomic mass is 9.90. The highest BCUT2D eigenvalue weighted by atomic mass is 79.9. The minimum Gasteiger partial charge on any atom is -0.364 e. The zero-order valence-electron chi connectivity index (χ0n) is 10.4. The highest BCUT2D eigenvalue weighted by Crippen LogP contribution is 2.37. The number of nitrogens with one attached hydrogen (secondary N) is 2. The summed E-state index contributed by atoms with van der Waals surface area (Å²) in [6, 6.07) is 1.06. The molecule has 7 heteroatoms. The Kier molecular flexibility index (Phi) is 4.06. The predicted octanol–water partition coefficient (Wildman–Crippen LogP) is 3.42. The number of alkyl halides is 3. The molecule has 0 atom stereocenters. The van der Waals surface area contributed by atoms with Crippen molar-refractivity contribution in [2.45, 2.75) is 31.5 Å². The van der Waals surface area contributed by atoms with Gasteiger partial charge in [-0.25, -0.2) is 4.98 Å². The summed E-state index contributed by atoms with van der Waals surface area (Å²) < 4.78 is 39.3. The summed E-state index contributed by atoms with van der Waals surface area (Å²) in [6.45, 7) is 3.51. The van der Waals surface area contributed by atoms with E-state index in [1.807, 2.05) is 6.92 Å². The first-order valence-corrected chi connectivity index (χ1v) is 6.81. The van der Waals surface area contributed by atoms with Crippen molar-refractivity contribution < 1.29 is 13.2 Å². The summed E-state index contributed by atoms with van der Waals surface area (Å²) in [6.07, 6.45) is -1.51. The molecule has 2 heterocycles. The normalized spacial score (nSPS) is 19.2. The SMILES string of the molecule is CC1(Nc2ncc(Br)cc2C(F)(F)F)CCNCC1. The number of hydrogen-bond acceptors (Lipinski definition) is 3. The van der Waals surface area contributed by atoms with Gasteiger partial charge in [0.25, 0.3) is 0 Å². The minimum atomic E-state index is -4.41. The Morgan fingerprint density at radius 3 is 2.58 bits per heavy atom. The van der Waals surface area contributed by atoms with Crippen LogP contribution < -0.4 is 10.6 Å². The fraction of sp³-hybridized carbons (Fsp3) is 0.583. The fourth-order valence-corrected chi connectivity index (χ4v) is 2.48. The van der Waals surface area contributed by atoms with Crippen molar-refractivity contribution in [1.82, 2.24) is 10.3 Å². The van der Waals surface area contributed by atoms with Gasteiger partial charge >= 0.3 is 6.18 Å². The Morgan fingerprint density at radius 1 is 1.37 bits per heavy atom. The van der Waals surface area contributed by atoms with Crippen LogP contribution in [0.5, 0.6) is 0 Å². The number of piperidine rings is 1. The van der Waals surface area contributed by atoms with Gasteiger partial charge in [0.05, 0.1) is 5.56 Å². The highest BCUT2D eigenvalue weighted by Gasteiger charge is 2.37.